The third-order valence-electron chi connectivity index (χ3n) is 4.67. The van der Waals surface area contributed by atoms with E-state index >= 15 is 0 Å². The van der Waals surface area contributed by atoms with Crippen LogP contribution in [0.3, 0.4) is 0 Å². The van der Waals surface area contributed by atoms with Gasteiger partial charge in [-0.1, -0.05) is 16.8 Å². The zero-order valence-corrected chi connectivity index (χ0v) is 14.1. The molecule has 124 valence electrons. The average molecular weight is 344 g/mol. The van der Waals surface area contributed by atoms with Crippen molar-refractivity contribution < 1.29 is 14.0 Å². The molecule has 0 N–H and O–H groups in total. The Bertz CT molecular complexity index is 805. The highest BCUT2D eigenvalue weighted by atomic mass is 35.5. The van der Waals surface area contributed by atoms with Crippen LogP contribution in [0.1, 0.15) is 58.7 Å². The fourth-order valence-corrected chi connectivity index (χ4v) is 3.63. The summed E-state index contributed by atoms with van der Waals surface area (Å²) in [5.74, 6) is 1.64. The number of benzene rings is 1. The first kappa shape index (κ1) is 15.5. The summed E-state index contributed by atoms with van der Waals surface area (Å²) in [6, 6.07) is 6.60. The fourth-order valence-electron chi connectivity index (χ4n) is 3.50. The van der Waals surface area contributed by atoms with Crippen molar-refractivity contribution in [2.45, 2.75) is 44.9 Å². The summed E-state index contributed by atoms with van der Waals surface area (Å²) in [7, 11) is 0. The van der Waals surface area contributed by atoms with Gasteiger partial charge in [-0.3, -0.25) is 0 Å². The zero-order valence-electron chi connectivity index (χ0n) is 13.3. The van der Waals surface area contributed by atoms with Crippen molar-refractivity contribution in [3.8, 4) is 0 Å². The maximum atomic E-state index is 12.1. The van der Waals surface area contributed by atoms with Gasteiger partial charge in [-0.05, 0) is 56.4 Å². The number of hydrogen-bond donors (Lipinski definition) is 0. The molecule has 0 spiro atoms. The number of halogens is 1. The molecule has 0 aliphatic heterocycles. The lowest BCUT2D eigenvalue weighted by Crippen LogP contribution is -2.14. The maximum absolute atomic E-state index is 12.1. The lowest BCUT2D eigenvalue weighted by molar-refractivity contribution is 0.0515. The molecule has 0 fully saturated rings. The van der Waals surface area contributed by atoms with Gasteiger partial charge in [0.1, 0.15) is 11.5 Å². The molecule has 0 radical (unpaired) electrons. The summed E-state index contributed by atoms with van der Waals surface area (Å²) in [4.78, 5) is 17.3. The van der Waals surface area contributed by atoms with Gasteiger partial charge in [0.25, 0.3) is 0 Å². The highest BCUT2D eigenvalue weighted by Gasteiger charge is 2.28. The van der Waals surface area contributed by atoms with E-state index in [2.05, 4.69) is 5.16 Å². The van der Waals surface area contributed by atoms with Crippen molar-refractivity contribution in [1.29, 1.82) is 0 Å². The summed E-state index contributed by atoms with van der Waals surface area (Å²) >= 11 is 5.84. The molecule has 0 saturated carbocycles. The van der Waals surface area contributed by atoms with E-state index in [0.717, 1.165) is 54.9 Å². The minimum absolute atomic E-state index is 0.439. The van der Waals surface area contributed by atoms with Crippen LogP contribution < -0.4 is 0 Å². The maximum Gasteiger partial charge on any atom is 0.365 e. The second kappa shape index (κ2) is 6.44. The van der Waals surface area contributed by atoms with Crippen LogP contribution in [0.15, 0.2) is 33.8 Å². The Balaban J connectivity index is 1.59. The first-order chi connectivity index (χ1) is 11.7. The fraction of sp³-hybridized carbons (Fsp3) is 0.368. The molecular weight excluding hydrogens is 326 g/mol. The first-order valence-corrected chi connectivity index (χ1v) is 8.78. The number of carbonyl (C=O) groups excluding carboxylic acids is 1. The van der Waals surface area contributed by atoms with Crippen LogP contribution in [0.4, 0.5) is 0 Å². The Morgan fingerprint density at radius 2 is 1.75 bits per heavy atom. The highest BCUT2D eigenvalue weighted by molar-refractivity contribution is 6.30. The van der Waals surface area contributed by atoms with E-state index in [4.69, 9.17) is 20.9 Å². The lowest BCUT2D eigenvalue weighted by Gasteiger charge is -2.15. The molecule has 0 amide bonds. The molecule has 0 saturated heterocycles. The van der Waals surface area contributed by atoms with E-state index in [1.54, 1.807) is 24.3 Å². The van der Waals surface area contributed by atoms with Gasteiger partial charge >= 0.3 is 5.97 Å². The number of aryl methyl sites for hydroxylation is 2. The summed E-state index contributed by atoms with van der Waals surface area (Å²) in [6.45, 7) is 0. The number of oxime groups is 1. The highest BCUT2D eigenvalue weighted by Crippen LogP contribution is 2.34. The van der Waals surface area contributed by atoms with E-state index < -0.39 is 5.97 Å². The summed E-state index contributed by atoms with van der Waals surface area (Å²) in [5, 5.41) is 4.76. The summed E-state index contributed by atoms with van der Waals surface area (Å²) in [6.07, 6.45) is 7.10. The third kappa shape index (κ3) is 2.86. The molecule has 5 heteroatoms. The van der Waals surface area contributed by atoms with E-state index in [1.807, 2.05) is 0 Å². The minimum Gasteiger partial charge on any atom is -0.465 e. The molecule has 2 aromatic rings. The number of hydrogen-bond acceptors (Lipinski definition) is 4. The Morgan fingerprint density at radius 3 is 2.58 bits per heavy atom. The normalized spacial score (nSPS) is 18.1. The molecule has 1 aromatic carbocycles. The van der Waals surface area contributed by atoms with Crippen LogP contribution in [0.5, 0.6) is 0 Å². The molecule has 24 heavy (non-hydrogen) atoms. The van der Waals surface area contributed by atoms with Crippen molar-refractivity contribution >= 4 is 23.3 Å². The second-order valence-corrected chi connectivity index (χ2v) is 6.72. The van der Waals surface area contributed by atoms with Gasteiger partial charge in [0, 0.05) is 29.0 Å². The topological polar surface area (TPSA) is 51.8 Å². The smallest absolute Gasteiger partial charge is 0.365 e. The van der Waals surface area contributed by atoms with Gasteiger partial charge in [0.2, 0.25) is 0 Å². The van der Waals surface area contributed by atoms with Gasteiger partial charge in [-0.15, -0.1) is 0 Å². The van der Waals surface area contributed by atoms with Crippen molar-refractivity contribution in [1.82, 2.24) is 0 Å². The Labute approximate surface area is 145 Å². The van der Waals surface area contributed by atoms with Crippen LogP contribution in [0.25, 0.3) is 0 Å². The predicted molar refractivity (Wildman–Crippen MR) is 91.7 cm³/mol. The first-order valence-electron chi connectivity index (χ1n) is 8.40. The molecule has 0 atom stereocenters. The summed E-state index contributed by atoms with van der Waals surface area (Å²) in [5.41, 5.74) is 3.65. The molecule has 0 bridgehead atoms. The number of carbonyl (C=O) groups is 1. The van der Waals surface area contributed by atoms with Crippen molar-refractivity contribution in [2.75, 3.05) is 0 Å². The lowest BCUT2D eigenvalue weighted by atomic mass is 9.88. The Kier molecular flexibility index (Phi) is 4.15. The van der Waals surface area contributed by atoms with Crippen molar-refractivity contribution in [2.24, 2.45) is 5.16 Å². The predicted octanol–water partition coefficient (Wildman–Crippen LogP) is 4.71. The SMILES string of the molecule is O=C(O/N=C1/CCCc2oc3c(c21)CCCC3)c1ccc(Cl)cc1. The van der Waals surface area contributed by atoms with Gasteiger partial charge in [-0.2, -0.15) is 0 Å². The largest absolute Gasteiger partial charge is 0.465 e. The standard InChI is InChI=1S/C19H18ClNO3/c20-13-10-8-12(9-11-13)19(22)24-21-15-5-3-7-17-18(15)14-4-1-2-6-16(14)23-17/h8-11H,1-7H2/b21-15-. The van der Waals surface area contributed by atoms with Gasteiger partial charge in [0.05, 0.1) is 11.3 Å². The zero-order chi connectivity index (χ0) is 16.5. The molecule has 2 aliphatic rings. The van der Waals surface area contributed by atoms with E-state index in [-0.39, 0.29) is 0 Å². The van der Waals surface area contributed by atoms with Gasteiger partial charge < -0.3 is 9.25 Å². The van der Waals surface area contributed by atoms with Gasteiger partial charge in [-0.25, -0.2) is 4.79 Å². The second-order valence-electron chi connectivity index (χ2n) is 6.29. The van der Waals surface area contributed by atoms with Crippen LogP contribution in [-0.4, -0.2) is 11.7 Å². The molecular formula is C19H18ClNO3. The van der Waals surface area contributed by atoms with Crippen LogP contribution in [0.2, 0.25) is 5.02 Å². The van der Waals surface area contributed by atoms with E-state index in [0.29, 0.717) is 10.6 Å². The number of nitrogens with zero attached hydrogens (tertiary/aromatic N) is 1. The van der Waals surface area contributed by atoms with E-state index in [1.165, 1.54) is 18.4 Å². The summed E-state index contributed by atoms with van der Waals surface area (Å²) < 4.78 is 6.03. The van der Waals surface area contributed by atoms with E-state index in [9.17, 15) is 4.79 Å². The minimum atomic E-state index is -0.469. The van der Waals surface area contributed by atoms with Crippen LogP contribution >= 0.6 is 11.6 Å². The van der Waals surface area contributed by atoms with Crippen LogP contribution in [-0.2, 0) is 24.1 Å². The number of furan rings is 1. The molecule has 2 aliphatic carbocycles. The van der Waals surface area contributed by atoms with Crippen molar-refractivity contribution in [3.63, 3.8) is 0 Å². The molecule has 0 unspecified atom stereocenters. The Hall–Kier alpha value is -2.07. The van der Waals surface area contributed by atoms with Crippen LogP contribution in [0, 0.1) is 0 Å². The number of rotatable bonds is 2. The van der Waals surface area contributed by atoms with Gasteiger partial charge in [0.15, 0.2) is 0 Å². The Morgan fingerprint density at radius 1 is 1.00 bits per heavy atom. The quantitative estimate of drug-likeness (QED) is 0.586. The molecule has 4 nitrogen and oxygen atoms in total. The van der Waals surface area contributed by atoms with Crippen molar-refractivity contribution in [3.05, 3.63) is 57.5 Å². The third-order valence-corrected chi connectivity index (χ3v) is 4.92. The number of fused-ring (bicyclic) bond motifs is 3. The molecule has 1 heterocycles. The molecule has 1 aromatic heterocycles. The molecule has 4 rings (SSSR count). The average Bonchev–Trinajstić information content (AvgIpc) is 2.99. The monoisotopic (exact) mass is 343 g/mol.